The first-order valence-corrected chi connectivity index (χ1v) is 14.3. The fourth-order valence-electron chi connectivity index (χ4n) is 6.54. The molecule has 6 heteroatoms. The van der Waals surface area contributed by atoms with E-state index >= 15 is 0 Å². The summed E-state index contributed by atoms with van der Waals surface area (Å²) in [5.41, 5.74) is 2.18. The molecular formula is C32H41N5O. The van der Waals surface area contributed by atoms with Crippen LogP contribution >= 0.6 is 0 Å². The van der Waals surface area contributed by atoms with E-state index in [0.717, 1.165) is 69.8 Å². The molecule has 3 atom stereocenters. The summed E-state index contributed by atoms with van der Waals surface area (Å²) in [6, 6.07) is 23.3. The van der Waals surface area contributed by atoms with E-state index in [4.69, 9.17) is 0 Å². The maximum Gasteiger partial charge on any atom is 0.253 e. The number of carbonyl (C=O) groups excluding carboxylic acids is 1. The Bertz CT molecular complexity index is 1130. The van der Waals surface area contributed by atoms with Crippen LogP contribution in [-0.2, 0) is 0 Å². The fourth-order valence-corrected chi connectivity index (χ4v) is 6.54. The monoisotopic (exact) mass is 511 g/mol. The molecule has 1 amide bonds. The molecule has 2 aromatic carbocycles. The lowest BCUT2D eigenvalue weighted by Gasteiger charge is -2.39. The molecule has 2 fully saturated rings. The number of benzene rings is 2. The summed E-state index contributed by atoms with van der Waals surface area (Å²) in [4.78, 5) is 29.4. The molecule has 0 N–H and O–H groups in total. The van der Waals surface area contributed by atoms with Crippen LogP contribution in [-0.4, -0.2) is 71.0 Å². The first-order chi connectivity index (χ1) is 18.6. The van der Waals surface area contributed by atoms with Gasteiger partial charge in [-0.15, -0.1) is 0 Å². The van der Waals surface area contributed by atoms with E-state index in [9.17, 15) is 4.79 Å². The molecule has 0 radical (unpaired) electrons. The number of anilines is 1. The Hall–Kier alpha value is -3.25. The summed E-state index contributed by atoms with van der Waals surface area (Å²) >= 11 is 0. The van der Waals surface area contributed by atoms with Crippen LogP contribution in [0.3, 0.4) is 0 Å². The number of amides is 1. The second kappa shape index (κ2) is 12.5. The molecule has 38 heavy (non-hydrogen) atoms. The molecule has 1 aromatic heterocycles. The molecule has 5 rings (SSSR count). The Morgan fingerprint density at radius 1 is 0.895 bits per heavy atom. The summed E-state index contributed by atoms with van der Waals surface area (Å²) in [5.74, 6) is 2.00. The second-order valence-electron chi connectivity index (χ2n) is 11.0. The largest absolute Gasteiger partial charge is 0.339 e. The molecule has 2 aliphatic rings. The number of likely N-dealkylation sites (tertiary alicyclic amines) is 1. The lowest BCUT2D eigenvalue weighted by atomic mass is 9.88. The number of hydrogen-bond donors (Lipinski definition) is 0. The topological polar surface area (TPSA) is 52.6 Å². The van der Waals surface area contributed by atoms with Crippen molar-refractivity contribution in [2.24, 2.45) is 5.92 Å². The van der Waals surface area contributed by atoms with Crippen molar-refractivity contribution in [2.45, 2.75) is 57.0 Å². The Kier molecular flexibility index (Phi) is 8.69. The zero-order valence-corrected chi connectivity index (χ0v) is 22.8. The SMILES string of the molecule is CCCN(c1ncccn1)C1CCN(C[C@H]2C[C@@H](N(C)C(=O)c3ccccc3)C[C@@H]2c2ccccc2)CC1. The molecule has 0 unspecified atom stereocenters. The van der Waals surface area contributed by atoms with E-state index in [2.05, 4.69) is 57.0 Å². The van der Waals surface area contributed by atoms with Crippen LogP contribution < -0.4 is 4.90 Å². The van der Waals surface area contributed by atoms with Crippen LogP contribution in [0.5, 0.6) is 0 Å². The molecule has 200 valence electrons. The van der Waals surface area contributed by atoms with E-state index < -0.39 is 0 Å². The quantitative estimate of drug-likeness (QED) is 0.380. The highest BCUT2D eigenvalue weighted by molar-refractivity contribution is 5.94. The third-order valence-electron chi connectivity index (χ3n) is 8.55. The molecule has 6 nitrogen and oxygen atoms in total. The van der Waals surface area contributed by atoms with E-state index in [1.807, 2.05) is 60.7 Å². The minimum absolute atomic E-state index is 0.128. The predicted octanol–water partition coefficient (Wildman–Crippen LogP) is 5.49. The highest BCUT2D eigenvalue weighted by Gasteiger charge is 2.39. The molecular weight excluding hydrogens is 470 g/mol. The van der Waals surface area contributed by atoms with Crippen molar-refractivity contribution in [3.8, 4) is 0 Å². The third-order valence-corrected chi connectivity index (χ3v) is 8.55. The van der Waals surface area contributed by atoms with Gasteiger partial charge in [-0.1, -0.05) is 55.5 Å². The highest BCUT2D eigenvalue weighted by atomic mass is 16.2. The zero-order valence-electron chi connectivity index (χ0n) is 22.8. The summed E-state index contributed by atoms with van der Waals surface area (Å²) in [5, 5.41) is 0. The molecule has 1 saturated heterocycles. The van der Waals surface area contributed by atoms with Crippen molar-refractivity contribution in [1.29, 1.82) is 0 Å². The Balaban J connectivity index is 1.25. The second-order valence-corrected chi connectivity index (χ2v) is 11.0. The van der Waals surface area contributed by atoms with Crippen LogP contribution in [0.25, 0.3) is 0 Å². The number of rotatable bonds is 9. The number of aromatic nitrogens is 2. The molecule has 1 saturated carbocycles. The van der Waals surface area contributed by atoms with Crippen LogP contribution in [0.4, 0.5) is 5.95 Å². The van der Waals surface area contributed by atoms with Gasteiger partial charge < -0.3 is 14.7 Å². The zero-order chi connectivity index (χ0) is 26.3. The minimum Gasteiger partial charge on any atom is -0.339 e. The minimum atomic E-state index is 0.128. The van der Waals surface area contributed by atoms with Crippen LogP contribution in [0, 0.1) is 5.92 Å². The molecule has 3 aromatic rings. The lowest BCUT2D eigenvalue weighted by Crippen LogP contribution is -2.47. The van der Waals surface area contributed by atoms with E-state index in [1.165, 1.54) is 5.56 Å². The van der Waals surface area contributed by atoms with Gasteiger partial charge in [-0.3, -0.25) is 4.79 Å². The van der Waals surface area contributed by atoms with Crippen LogP contribution in [0.15, 0.2) is 79.1 Å². The third kappa shape index (κ3) is 6.07. The maximum absolute atomic E-state index is 13.2. The fraction of sp³-hybridized carbons (Fsp3) is 0.469. The van der Waals surface area contributed by atoms with E-state index in [0.29, 0.717) is 17.9 Å². The van der Waals surface area contributed by atoms with Gasteiger partial charge in [0.1, 0.15) is 0 Å². The van der Waals surface area contributed by atoms with Crippen molar-refractivity contribution >= 4 is 11.9 Å². The summed E-state index contributed by atoms with van der Waals surface area (Å²) < 4.78 is 0. The average molecular weight is 512 g/mol. The first kappa shape index (κ1) is 26.4. The number of hydrogen-bond acceptors (Lipinski definition) is 5. The average Bonchev–Trinajstić information content (AvgIpc) is 3.40. The van der Waals surface area contributed by atoms with Gasteiger partial charge in [-0.2, -0.15) is 0 Å². The van der Waals surface area contributed by atoms with Crippen molar-refractivity contribution in [3.05, 3.63) is 90.3 Å². The lowest BCUT2D eigenvalue weighted by molar-refractivity contribution is 0.0729. The van der Waals surface area contributed by atoms with Gasteiger partial charge in [-0.25, -0.2) is 9.97 Å². The van der Waals surface area contributed by atoms with Gasteiger partial charge in [0.05, 0.1) is 0 Å². The maximum atomic E-state index is 13.2. The number of piperidine rings is 1. The van der Waals surface area contributed by atoms with Crippen molar-refractivity contribution < 1.29 is 4.79 Å². The molecule has 0 spiro atoms. The first-order valence-electron chi connectivity index (χ1n) is 14.3. The number of nitrogens with zero attached hydrogens (tertiary/aromatic N) is 5. The van der Waals surface area contributed by atoms with Crippen molar-refractivity contribution in [1.82, 2.24) is 19.8 Å². The normalized spacial score (nSPS) is 22.3. The van der Waals surface area contributed by atoms with Crippen molar-refractivity contribution in [2.75, 3.05) is 38.1 Å². The van der Waals surface area contributed by atoms with Crippen molar-refractivity contribution in [3.63, 3.8) is 0 Å². The predicted molar refractivity (Wildman–Crippen MR) is 153 cm³/mol. The van der Waals surface area contributed by atoms with Crippen LogP contribution in [0.1, 0.15) is 60.9 Å². The van der Waals surface area contributed by atoms with Gasteiger partial charge in [0.25, 0.3) is 5.91 Å². The summed E-state index contributed by atoms with van der Waals surface area (Å²) in [6.45, 7) is 6.51. The van der Waals surface area contributed by atoms with E-state index in [1.54, 1.807) is 0 Å². The van der Waals surface area contributed by atoms with Gasteiger partial charge >= 0.3 is 0 Å². The number of carbonyl (C=O) groups is 1. The summed E-state index contributed by atoms with van der Waals surface area (Å²) in [7, 11) is 1.99. The highest BCUT2D eigenvalue weighted by Crippen LogP contribution is 2.42. The van der Waals surface area contributed by atoms with Crippen LogP contribution in [0.2, 0.25) is 0 Å². The van der Waals surface area contributed by atoms with Gasteiger partial charge in [-0.05, 0) is 67.7 Å². The van der Waals surface area contributed by atoms with Gasteiger partial charge in [0, 0.05) is 63.3 Å². The molecule has 0 bridgehead atoms. The molecule has 1 aliphatic carbocycles. The molecule has 1 aliphatic heterocycles. The summed E-state index contributed by atoms with van der Waals surface area (Å²) in [6.07, 6.45) is 9.13. The van der Waals surface area contributed by atoms with E-state index in [-0.39, 0.29) is 11.9 Å². The standard InChI is InChI=1S/C32H41N5O/c1-3-19-37(32-33-17-10-18-34-32)28-15-20-36(21-16-28)24-27-22-29(23-30(27)25-11-6-4-7-12-25)35(2)31(38)26-13-8-5-9-14-26/h4-14,17-18,27-30H,3,15-16,19-24H2,1-2H3/t27-,29-,30-/m1/s1. The molecule has 2 heterocycles. The Morgan fingerprint density at radius 2 is 1.55 bits per heavy atom. The van der Waals surface area contributed by atoms with Gasteiger partial charge in [0.2, 0.25) is 5.95 Å². The smallest absolute Gasteiger partial charge is 0.253 e. The van der Waals surface area contributed by atoms with Gasteiger partial charge in [0.15, 0.2) is 0 Å². The Morgan fingerprint density at radius 3 is 2.21 bits per heavy atom. The Labute approximate surface area is 227 Å².